The average Bonchev–Trinajstić information content (AvgIpc) is 2.40. The molecule has 0 bridgehead atoms. The van der Waals surface area contributed by atoms with E-state index in [4.69, 9.17) is 15.1 Å². The molecule has 0 atom stereocenters. The van der Waals surface area contributed by atoms with Gasteiger partial charge in [-0.25, -0.2) is 14.8 Å². The maximum absolute atomic E-state index is 10.7. The van der Waals surface area contributed by atoms with Crippen molar-refractivity contribution in [2.45, 2.75) is 0 Å². The summed E-state index contributed by atoms with van der Waals surface area (Å²) in [5, 5.41) is 17.5. The van der Waals surface area contributed by atoms with Crippen LogP contribution in [0.5, 0.6) is 11.6 Å². The fourth-order valence-corrected chi connectivity index (χ4v) is 1.25. The molecule has 1 aromatic heterocycles. The summed E-state index contributed by atoms with van der Waals surface area (Å²) in [6.45, 7) is 0. The lowest BCUT2D eigenvalue weighted by Crippen LogP contribution is -1.97. The molecule has 0 saturated heterocycles. The molecule has 0 spiro atoms. The summed E-state index contributed by atoms with van der Waals surface area (Å²) in [7, 11) is 0. The lowest BCUT2D eigenvalue weighted by atomic mass is 10.2. The summed E-state index contributed by atoms with van der Waals surface area (Å²) in [4.78, 5) is 18.3. The predicted octanol–water partition coefficient (Wildman–Crippen LogP) is 1.84. The highest BCUT2D eigenvalue weighted by Gasteiger charge is 2.07. The topological polar surface area (TPSA) is 96.1 Å². The molecule has 0 fully saturated rings. The first kappa shape index (κ1) is 11.5. The molecule has 0 aliphatic heterocycles. The van der Waals surface area contributed by atoms with Gasteiger partial charge in [0.2, 0.25) is 5.69 Å². The zero-order valence-corrected chi connectivity index (χ0v) is 9.07. The summed E-state index contributed by atoms with van der Waals surface area (Å²) in [6, 6.07) is 7.63. The molecule has 0 aliphatic rings. The second-order valence-corrected chi connectivity index (χ2v) is 3.25. The Bertz CT molecular complexity index is 617. The van der Waals surface area contributed by atoms with E-state index >= 15 is 0 Å². The summed E-state index contributed by atoms with van der Waals surface area (Å²) >= 11 is 0. The van der Waals surface area contributed by atoms with Crippen LogP contribution in [0.1, 0.15) is 16.1 Å². The fraction of sp³-hybridized carbons (Fsp3) is 0. The van der Waals surface area contributed by atoms with E-state index in [0.717, 1.165) is 0 Å². The number of carbonyl (C=O) groups is 1. The van der Waals surface area contributed by atoms with E-state index in [1.165, 1.54) is 36.7 Å². The molecule has 18 heavy (non-hydrogen) atoms. The third kappa shape index (κ3) is 2.41. The van der Waals surface area contributed by atoms with Crippen LogP contribution in [0.4, 0.5) is 0 Å². The summed E-state index contributed by atoms with van der Waals surface area (Å²) in [6.07, 6.45) is 2.79. The molecule has 1 aromatic carbocycles. The van der Waals surface area contributed by atoms with Crippen LogP contribution >= 0.6 is 0 Å². The summed E-state index contributed by atoms with van der Waals surface area (Å²) < 4.78 is 5.35. The van der Waals surface area contributed by atoms with Gasteiger partial charge in [-0.1, -0.05) is 0 Å². The van der Waals surface area contributed by atoms with E-state index in [0.29, 0.717) is 5.75 Å². The van der Waals surface area contributed by atoms with Crippen molar-refractivity contribution in [1.29, 1.82) is 5.26 Å². The van der Waals surface area contributed by atoms with Gasteiger partial charge in [0.15, 0.2) is 0 Å². The van der Waals surface area contributed by atoms with Crippen molar-refractivity contribution in [3.63, 3.8) is 0 Å². The van der Waals surface area contributed by atoms with Crippen LogP contribution in [-0.4, -0.2) is 21.0 Å². The number of carboxylic acids is 1. The quantitative estimate of drug-likeness (QED) is 0.880. The number of carboxylic acid groups (broad SMARTS) is 1. The molecule has 2 aromatic rings. The monoisotopic (exact) mass is 241 g/mol. The molecule has 1 heterocycles. The van der Waals surface area contributed by atoms with Crippen molar-refractivity contribution in [2.24, 2.45) is 0 Å². The molecule has 0 amide bonds. The number of aromatic nitrogens is 2. The van der Waals surface area contributed by atoms with E-state index in [9.17, 15) is 4.79 Å². The first-order chi connectivity index (χ1) is 8.70. The van der Waals surface area contributed by atoms with Crippen molar-refractivity contribution < 1.29 is 14.6 Å². The zero-order valence-electron chi connectivity index (χ0n) is 9.07. The fourth-order valence-electron chi connectivity index (χ4n) is 1.25. The Kier molecular flexibility index (Phi) is 3.16. The summed E-state index contributed by atoms with van der Waals surface area (Å²) in [5.41, 5.74) is 0.224. The molecule has 0 saturated carbocycles. The van der Waals surface area contributed by atoms with E-state index < -0.39 is 5.97 Å². The minimum atomic E-state index is -1.02. The predicted molar refractivity (Wildman–Crippen MR) is 60.2 cm³/mol. The molecule has 6 heteroatoms. The molecule has 2 rings (SSSR count). The molecule has 0 unspecified atom stereocenters. The number of ether oxygens (including phenoxy) is 1. The Morgan fingerprint density at radius 1 is 1.22 bits per heavy atom. The number of hydrogen-bond acceptors (Lipinski definition) is 5. The number of hydrogen-bond donors (Lipinski definition) is 1. The van der Waals surface area contributed by atoms with Gasteiger partial charge in [0.25, 0.3) is 5.88 Å². The lowest BCUT2D eigenvalue weighted by molar-refractivity contribution is 0.0697. The van der Waals surface area contributed by atoms with Gasteiger partial charge >= 0.3 is 5.97 Å². The van der Waals surface area contributed by atoms with E-state index in [1.54, 1.807) is 0 Å². The van der Waals surface area contributed by atoms with Crippen LogP contribution in [0.25, 0.3) is 0 Å². The van der Waals surface area contributed by atoms with Gasteiger partial charge in [-0.2, -0.15) is 5.26 Å². The highest BCUT2D eigenvalue weighted by Crippen LogP contribution is 2.21. The van der Waals surface area contributed by atoms with Crippen molar-refractivity contribution in [3.05, 3.63) is 47.9 Å². The SMILES string of the molecule is N#Cc1nccnc1Oc1ccc(C(=O)O)cc1. The average molecular weight is 241 g/mol. The molecule has 88 valence electrons. The van der Waals surface area contributed by atoms with Gasteiger partial charge in [-0.15, -0.1) is 0 Å². The summed E-state index contributed by atoms with van der Waals surface area (Å²) in [5.74, 6) is -0.543. The van der Waals surface area contributed by atoms with Crippen molar-refractivity contribution >= 4 is 5.97 Å². The van der Waals surface area contributed by atoms with E-state index in [2.05, 4.69) is 9.97 Å². The molecular weight excluding hydrogens is 234 g/mol. The van der Waals surface area contributed by atoms with Gasteiger partial charge in [-0.05, 0) is 24.3 Å². The third-order valence-electron chi connectivity index (χ3n) is 2.09. The Labute approximate surface area is 102 Å². The second-order valence-electron chi connectivity index (χ2n) is 3.25. The second kappa shape index (κ2) is 4.93. The van der Waals surface area contributed by atoms with Gasteiger partial charge in [0.05, 0.1) is 5.56 Å². The van der Waals surface area contributed by atoms with Gasteiger partial charge < -0.3 is 9.84 Å². The molecular formula is C12H7N3O3. The Morgan fingerprint density at radius 3 is 2.50 bits per heavy atom. The Balaban J connectivity index is 2.24. The lowest BCUT2D eigenvalue weighted by Gasteiger charge is -2.05. The normalized spacial score (nSPS) is 9.50. The molecule has 1 N–H and O–H groups in total. The molecule has 6 nitrogen and oxygen atoms in total. The van der Waals surface area contributed by atoms with Crippen LogP contribution in [0.15, 0.2) is 36.7 Å². The number of rotatable bonds is 3. The first-order valence-corrected chi connectivity index (χ1v) is 4.93. The van der Waals surface area contributed by atoms with Gasteiger partial charge in [0.1, 0.15) is 11.8 Å². The smallest absolute Gasteiger partial charge is 0.335 e. The van der Waals surface area contributed by atoms with Gasteiger partial charge in [-0.3, -0.25) is 0 Å². The maximum Gasteiger partial charge on any atom is 0.335 e. The largest absolute Gasteiger partial charge is 0.478 e. The molecule has 0 aliphatic carbocycles. The van der Waals surface area contributed by atoms with Crippen molar-refractivity contribution in [2.75, 3.05) is 0 Å². The minimum Gasteiger partial charge on any atom is -0.478 e. The van der Waals surface area contributed by atoms with Crippen LogP contribution in [0, 0.1) is 11.3 Å². The highest BCUT2D eigenvalue weighted by molar-refractivity contribution is 5.87. The maximum atomic E-state index is 10.7. The Morgan fingerprint density at radius 2 is 1.89 bits per heavy atom. The zero-order chi connectivity index (χ0) is 13.0. The minimum absolute atomic E-state index is 0.0693. The highest BCUT2D eigenvalue weighted by atomic mass is 16.5. The number of benzene rings is 1. The van der Waals surface area contributed by atoms with E-state index in [1.807, 2.05) is 6.07 Å². The van der Waals surface area contributed by atoms with Crippen LogP contribution in [0.3, 0.4) is 0 Å². The number of nitrogens with zero attached hydrogens (tertiary/aromatic N) is 3. The Hall–Kier alpha value is -2.94. The third-order valence-corrected chi connectivity index (χ3v) is 2.09. The van der Waals surface area contributed by atoms with Gasteiger partial charge in [0, 0.05) is 12.4 Å². The van der Waals surface area contributed by atoms with Crippen LogP contribution in [-0.2, 0) is 0 Å². The first-order valence-electron chi connectivity index (χ1n) is 4.93. The standard InChI is InChI=1S/C12H7N3O3/c13-7-10-11(15-6-5-14-10)18-9-3-1-8(2-4-9)12(16)17/h1-6H,(H,16,17). The van der Waals surface area contributed by atoms with Crippen LogP contribution in [0.2, 0.25) is 0 Å². The number of nitriles is 1. The van der Waals surface area contributed by atoms with Crippen LogP contribution < -0.4 is 4.74 Å². The molecule has 0 radical (unpaired) electrons. The number of aromatic carboxylic acids is 1. The van der Waals surface area contributed by atoms with Crippen molar-refractivity contribution in [1.82, 2.24) is 9.97 Å². The van der Waals surface area contributed by atoms with E-state index in [-0.39, 0.29) is 17.1 Å². The van der Waals surface area contributed by atoms with Crippen molar-refractivity contribution in [3.8, 4) is 17.7 Å².